The molecular formula is C15H24FIN4O. The van der Waals surface area contributed by atoms with Crippen molar-refractivity contribution in [1.29, 1.82) is 0 Å². The Hall–Kier alpha value is -1.38. The van der Waals surface area contributed by atoms with Gasteiger partial charge in [-0.15, -0.1) is 24.0 Å². The molecule has 7 heteroatoms. The van der Waals surface area contributed by atoms with Crippen molar-refractivity contribution >= 4 is 35.8 Å². The Labute approximate surface area is 148 Å². The molecule has 1 aromatic carbocycles. The van der Waals surface area contributed by atoms with E-state index in [2.05, 4.69) is 20.9 Å². The van der Waals surface area contributed by atoms with Crippen LogP contribution >= 0.6 is 24.0 Å². The Balaban J connectivity index is 0.00000441. The molecule has 0 aliphatic carbocycles. The van der Waals surface area contributed by atoms with Crippen LogP contribution in [-0.2, 0) is 11.2 Å². The Morgan fingerprint density at radius 1 is 1.18 bits per heavy atom. The van der Waals surface area contributed by atoms with E-state index in [1.165, 1.54) is 12.1 Å². The first-order valence-electron chi connectivity index (χ1n) is 7.19. The van der Waals surface area contributed by atoms with Crippen molar-refractivity contribution in [2.24, 2.45) is 4.99 Å². The van der Waals surface area contributed by atoms with Crippen LogP contribution in [0.3, 0.4) is 0 Å². The van der Waals surface area contributed by atoms with Gasteiger partial charge >= 0.3 is 0 Å². The molecule has 0 spiro atoms. The lowest BCUT2D eigenvalue weighted by Gasteiger charge is -2.11. The summed E-state index contributed by atoms with van der Waals surface area (Å²) in [6, 6.07) is 6.51. The Bertz CT molecular complexity index is 482. The van der Waals surface area contributed by atoms with Crippen LogP contribution in [0.4, 0.5) is 4.39 Å². The zero-order valence-electron chi connectivity index (χ0n) is 13.0. The van der Waals surface area contributed by atoms with E-state index >= 15 is 0 Å². The number of nitrogens with zero attached hydrogens (tertiary/aromatic N) is 1. The van der Waals surface area contributed by atoms with Crippen molar-refractivity contribution in [3.05, 3.63) is 35.6 Å². The highest BCUT2D eigenvalue weighted by Gasteiger charge is 2.01. The summed E-state index contributed by atoms with van der Waals surface area (Å²) in [5.74, 6) is 0.240. The molecule has 0 saturated carbocycles. The van der Waals surface area contributed by atoms with Gasteiger partial charge in [0.15, 0.2) is 5.96 Å². The lowest BCUT2D eigenvalue weighted by Crippen LogP contribution is -2.39. The molecule has 0 heterocycles. The molecule has 0 aliphatic heterocycles. The zero-order valence-corrected chi connectivity index (χ0v) is 15.3. The smallest absolute Gasteiger partial charge is 0.241 e. The number of amides is 1. The second-order valence-electron chi connectivity index (χ2n) is 4.46. The minimum atomic E-state index is -0.232. The van der Waals surface area contributed by atoms with Gasteiger partial charge in [0.2, 0.25) is 5.91 Å². The molecule has 0 aliphatic rings. The van der Waals surface area contributed by atoms with Crippen LogP contribution in [-0.4, -0.2) is 38.0 Å². The topological polar surface area (TPSA) is 65.5 Å². The number of halogens is 2. The largest absolute Gasteiger partial charge is 0.357 e. The molecule has 5 nitrogen and oxygen atoms in total. The molecule has 22 heavy (non-hydrogen) atoms. The van der Waals surface area contributed by atoms with Gasteiger partial charge < -0.3 is 16.0 Å². The molecule has 0 unspecified atom stereocenters. The van der Waals surface area contributed by atoms with E-state index in [1.807, 2.05) is 19.9 Å². The molecular weight excluding hydrogens is 398 g/mol. The highest BCUT2D eigenvalue weighted by atomic mass is 127. The minimum Gasteiger partial charge on any atom is -0.357 e. The third-order valence-electron chi connectivity index (χ3n) is 2.69. The fourth-order valence-corrected chi connectivity index (χ4v) is 1.76. The van der Waals surface area contributed by atoms with Crippen molar-refractivity contribution < 1.29 is 9.18 Å². The first kappa shape index (κ1) is 20.6. The molecule has 3 N–H and O–H groups in total. The summed E-state index contributed by atoms with van der Waals surface area (Å²) < 4.78 is 13.1. The van der Waals surface area contributed by atoms with Gasteiger partial charge in [0.1, 0.15) is 12.4 Å². The third kappa shape index (κ3) is 8.81. The van der Waals surface area contributed by atoms with Gasteiger partial charge in [-0.25, -0.2) is 9.38 Å². The van der Waals surface area contributed by atoms with Gasteiger partial charge in [0.05, 0.1) is 0 Å². The zero-order chi connectivity index (χ0) is 15.5. The van der Waals surface area contributed by atoms with Crippen LogP contribution in [0.1, 0.15) is 19.4 Å². The molecule has 0 fully saturated rings. The van der Waals surface area contributed by atoms with Crippen LogP contribution in [0.2, 0.25) is 0 Å². The van der Waals surface area contributed by atoms with Gasteiger partial charge in [-0.2, -0.15) is 0 Å². The van der Waals surface area contributed by atoms with Gasteiger partial charge in [0.25, 0.3) is 0 Å². The maximum absolute atomic E-state index is 13.1. The standard InChI is InChI=1S/C15H23FN4O.HI/c1-3-17-14(21)11-20-15(18-4-2)19-9-8-12-6-5-7-13(16)10-12;/h5-7,10H,3-4,8-9,11H2,1-2H3,(H,17,21)(H2,18,19,20);1H. The van der Waals surface area contributed by atoms with Crippen molar-refractivity contribution in [3.63, 3.8) is 0 Å². The number of guanidine groups is 1. The molecule has 0 bridgehead atoms. The summed E-state index contributed by atoms with van der Waals surface area (Å²) in [6.07, 6.45) is 0.684. The van der Waals surface area contributed by atoms with E-state index in [9.17, 15) is 9.18 Å². The van der Waals surface area contributed by atoms with Gasteiger partial charge in [0, 0.05) is 19.6 Å². The van der Waals surface area contributed by atoms with Gasteiger partial charge in [-0.05, 0) is 38.0 Å². The van der Waals surface area contributed by atoms with Gasteiger partial charge in [-0.1, -0.05) is 12.1 Å². The quantitative estimate of drug-likeness (QED) is 0.356. The van der Waals surface area contributed by atoms with E-state index in [0.717, 1.165) is 5.56 Å². The first-order chi connectivity index (χ1) is 10.2. The first-order valence-corrected chi connectivity index (χ1v) is 7.19. The summed E-state index contributed by atoms with van der Waals surface area (Å²) in [7, 11) is 0. The Morgan fingerprint density at radius 2 is 1.91 bits per heavy atom. The summed E-state index contributed by atoms with van der Waals surface area (Å²) >= 11 is 0. The van der Waals surface area contributed by atoms with Gasteiger partial charge in [-0.3, -0.25) is 4.79 Å². The molecule has 0 radical (unpaired) electrons. The number of aliphatic imine (C=N–C) groups is 1. The average molecular weight is 422 g/mol. The minimum absolute atomic E-state index is 0. The number of nitrogens with one attached hydrogen (secondary N) is 3. The number of carbonyl (C=O) groups excluding carboxylic acids is 1. The van der Waals surface area contributed by atoms with Crippen molar-refractivity contribution in [2.75, 3.05) is 26.2 Å². The lowest BCUT2D eigenvalue weighted by molar-refractivity contribution is -0.119. The second-order valence-corrected chi connectivity index (χ2v) is 4.46. The van der Waals surface area contributed by atoms with Crippen molar-refractivity contribution in [1.82, 2.24) is 16.0 Å². The summed E-state index contributed by atoms with van der Waals surface area (Å²) in [6.45, 7) is 5.83. The summed E-state index contributed by atoms with van der Waals surface area (Å²) in [5, 5.41) is 8.87. The molecule has 0 saturated heterocycles. The SMILES string of the molecule is CCNC(=O)CN=C(NCC)NCCc1cccc(F)c1.I. The molecule has 0 atom stereocenters. The van der Waals surface area contributed by atoms with E-state index < -0.39 is 0 Å². The Kier molecular flexibility index (Phi) is 11.4. The molecule has 1 rings (SSSR count). The van der Waals surface area contributed by atoms with Crippen LogP contribution in [0.25, 0.3) is 0 Å². The van der Waals surface area contributed by atoms with Crippen LogP contribution < -0.4 is 16.0 Å². The maximum atomic E-state index is 13.1. The predicted molar refractivity (Wildman–Crippen MR) is 98.2 cm³/mol. The number of rotatable bonds is 7. The fourth-order valence-electron chi connectivity index (χ4n) is 1.76. The second kappa shape index (κ2) is 12.2. The average Bonchev–Trinajstić information content (AvgIpc) is 2.45. The van der Waals surface area contributed by atoms with E-state index in [1.54, 1.807) is 6.07 Å². The molecule has 1 aromatic rings. The Morgan fingerprint density at radius 3 is 2.55 bits per heavy atom. The number of hydrogen-bond donors (Lipinski definition) is 3. The van der Waals surface area contributed by atoms with E-state index in [4.69, 9.17) is 0 Å². The number of carbonyl (C=O) groups is 1. The number of benzene rings is 1. The third-order valence-corrected chi connectivity index (χ3v) is 2.69. The normalized spacial score (nSPS) is 10.6. The molecule has 0 aromatic heterocycles. The fraction of sp³-hybridized carbons (Fsp3) is 0.467. The maximum Gasteiger partial charge on any atom is 0.241 e. The monoisotopic (exact) mass is 422 g/mol. The summed E-state index contributed by atoms with van der Waals surface area (Å²) in [4.78, 5) is 15.6. The highest BCUT2D eigenvalue weighted by Crippen LogP contribution is 2.03. The lowest BCUT2D eigenvalue weighted by atomic mass is 10.1. The summed E-state index contributed by atoms with van der Waals surface area (Å²) in [5.41, 5.74) is 0.919. The predicted octanol–water partition coefficient (Wildman–Crippen LogP) is 1.68. The highest BCUT2D eigenvalue weighted by molar-refractivity contribution is 14.0. The van der Waals surface area contributed by atoms with Crippen molar-refractivity contribution in [3.8, 4) is 0 Å². The number of hydrogen-bond acceptors (Lipinski definition) is 2. The molecule has 124 valence electrons. The molecule has 1 amide bonds. The van der Waals surface area contributed by atoms with E-state index in [0.29, 0.717) is 32.0 Å². The number of likely N-dealkylation sites (N-methyl/N-ethyl adjacent to an activating group) is 1. The van der Waals surface area contributed by atoms with Crippen molar-refractivity contribution in [2.45, 2.75) is 20.3 Å². The van der Waals surface area contributed by atoms with E-state index in [-0.39, 0.29) is 42.2 Å². The van der Waals surface area contributed by atoms with Crippen LogP contribution in [0.15, 0.2) is 29.3 Å². The van der Waals surface area contributed by atoms with Crippen LogP contribution in [0, 0.1) is 5.82 Å². The van der Waals surface area contributed by atoms with Crippen LogP contribution in [0.5, 0.6) is 0 Å².